The van der Waals surface area contributed by atoms with Crippen LogP contribution in [0.25, 0.3) is 0 Å². The van der Waals surface area contributed by atoms with Crippen molar-refractivity contribution in [2.24, 2.45) is 0 Å². The number of nitrogens with two attached hydrogens (primary N) is 1. The molecule has 0 bridgehead atoms. The zero-order valence-electron chi connectivity index (χ0n) is 11.6. The first-order valence-electron chi connectivity index (χ1n) is 5.80. The van der Waals surface area contributed by atoms with Gasteiger partial charge in [0.1, 0.15) is 13.1 Å². The van der Waals surface area contributed by atoms with Gasteiger partial charge >= 0.3 is 11.9 Å². The lowest BCUT2D eigenvalue weighted by Crippen LogP contribution is -2.40. The summed E-state index contributed by atoms with van der Waals surface area (Å²) in [7, 11) is -1.81. The molecule has 0 amide bonds. The van der Waals surface area contributed by atoms with Gasteiger partial charge in [0.2, 0.25) is 10.0 Å². The van der Waals surface area contributed by atoms with Crippen molar-refractivity contribution in [2.75, 3.05) is 33.0 Å². The Morgan fingerprint density at radius 2 is 1.48 bits per heavy atom. The normalized spacial score (nSPS) is 11.2. The number of benzene rings is 1. The summed E-state index contributed by atoms with van der Waals surface area (Å²) in [4.78, 5) is 22.6. The first kappa shape index (κ1) is 16.9. The second-order valence-electron chi connectivity index (χ2n) is 3.99. The Morgan fingerprint density at radius 1 is 1.05 bits per heavy atom. The van der Waals surface area contributed by atoms with Crippen molar-refractivity contribution >= 4 is 27.6 Å². The fourth-order valence-electron chi connectivity index (χ4n) is 1.43. The highest BCUT2D eigenvalue weighted by atomic mass is 32.2. The van der Waals surface area contributed by atoms with E-state index in [0.29, 0.717) is 9.99 Å². The van der Waals surface area contributed by atoms with Crippen molar-refractivity contribution in [1.82, 2.24) is 4.31 Å². The molecule has 0 saturated carbocycles. The lowest BCUT2D eigenvalue weighted by molar-refractivity contribution is -0.143. The van der Waals surface area contributed by atoms with Gasteiger partial charge < -0.3 is 15.2 Å². The van der Waals surface area contributed by atoms with Crippen LogP contribution in [0.5, 0.6) is 0 Å². The minimum atomic E-state index is -4.05. The van der Waals surface area contributed by atoms with E-state index in [2.05, 4.69) is 9.47 Å². The zero-order chi connectivity index (χ0) is 16.0. The third kappa shape index (κ3) is 4.43. The molecule has 0 radical (unpaired) electrons. The lowest BCUT2D eigenvalue weighted by atomic mass is 10.3. The first-order valence-corrected chi connectivity index (χ1v) is 7.24. The van der Waals surface area contributed by atoms with Gasteiger partial charge in [-0.25, -0.2) is 8.42 Å². The van der Waals surface area contributed by atoms with Crippen LogP contribution in [0.3, 0.4) is 0 Å². The minimum absolute atomic E-state index is 0.0930. The SMILES string of the molecule is COC(=O)CN(CC(=O)OC)S(=O)(=O)c1ccc(N)cc1. The lowest BCUT2D eigenvalue weighted by Gasteiger charge is -2.19. The van der Waals surface area contributed by atoms with Gasteiger partial charge in [-0.3, -0.25) is 9.59 Å². The Kier molecular flexibility index (Phi) is 5.68. The molecule has 116 valence electrons. The number of nitrogens with zero attached hydrogens (tertiary/aromatic N) is 1. The summed E-state index contributed by atoms with van der Waals surface area (Å²) in [5, 5.41) is 0. The summed E-state index contributed by atoms with van der Waals surface area (Å²) in [6, 6.07) is 5.38. The molecule has 0 saturated heterocycles. The van der Waals surface area contributed by atoms with Crippen LogP contribution >= 0.6 is 0 Å². The number of sulfonamides is 1. The van der Waals surface area contributed by atoms with Gasteiger partial charge in [-0.05, 0) is 24.3 Å². The fourth-order valence-corrected chi connectivity index (χ4v) is 2.76. The van der Waals surface area contributed by atoms with E-state index < -0.39 is 35.1 Å². The number of carbonyl (C=O) groups excluding carboxylic acids is 2. The number of rotatable bonds is 6. The van der Waals surface area contributed by atoms with Gasteiger partial charge in [0.05, 0.1) is 19.1 Å². The zero-order valence-corrected chi connectivity index (χ0v) is 12.4. The summed E-state index contributed by atoms with van der Waals surface area (Å²) in [6.07, 6.45) is 0. The van der Waals surface area contributed by atoms with Gasteiger partial charge in [0.25, 0.3) is 0 Å². The van der Waals surface area contributed by atoms with Gasteiger partial charge in [-0.2, -0.15) is 4.31 Å². The van der Waals surface area contributed by atoms with E-state index in [0.717, 1.165) is 14.2 Å². The van der Waals surface area contributed by atoms with Crippen LogP contribution in [-0.2, 0) is 29.1 Å². The third-order valence-electron chi connectivity index (χ3n) is 2.58. The average Bonchev–Trinajstić information content (AvgIpc) is 2.46. The molecule has 0 heterocycles. The summed E-state index contributed by atoms with van der Waals surface area (Å²) in [5.74, 6) is -1.59. The van der Waals surface area contributed by atoms with Crippen LogP contribution in [-0.4, -0.2) is 52.0 Å². The first-order chi connectivity index (χ1) is 9.81. The summed E-state index contributed by atoms with van der Waals surface area (Å²) < 4.78 is 34.4. The van der Waals surface area contributed by atoms with Crippen LogP contribution in [0.1, 0.15) is 0 Å². The van der Waals surface area contributed by atoms with Gasteiger partial charge in [0, 0.05) is 5.69 Å². The number of methoxy groups -OCH3 is 2. The van der Waals surface area contributed by atoms with Gasteiger partial charge in [-0.1, -0.05) is 0 Å². The van der Waals surface area contributed by atoms with E-state index in [1.54, 1.807) is 0 Å². The molecular weight excluding hydrogens is 300 g/mol. The maximum Gasteiger partial charge on any atom is 0.321 e. The van der Waals surface area contributed by atoms with E-state index in [4.69, 9.17) is 5.73 Å². The van der Waals surface area contributed by atoms with Crippen LogP contribution in [0, 0.1) is 0 Å². The third-order valence-corrected chi connectivity index (χ3v) is 4.39. The Labute approximate surface area is 122 Å². The van der Waals surface area contributed by atoms with E-state index >= 15 is 0 Å². The highest BCUT2D eigenvalue weighted by molar-refractivity contribution is 7.89. The second kappa shape index (κ2) is 7.04. The smallest absolute Gasteiger partial charge is 0.321 e. The number of esters is 2. The molecule has 0 aliphatic heterocycles. The molecule has 1 rings (SSSR count). The number of anilines is 1. The molecule has 0 atom stereocenters. The molecule has 0 fully saturated rings. The molecule has 8 nitrogen and oxygen atoms in total. The van der Waals surface area contributed by atoms with Crippen LogP contribution in [0.4, 0.5) is 5.69 Å². The predicted molar refractivity (Wildman–Crippen MR) is 73.6 cm³/mol. The largest absolute Gasteiger partial charge is 0.468 e. The quantitative estimate of drug-likeness (QED) is 0.561. The van der Waals surface area contributed by atoms with Crippen molar-refractivity contribution in [1.29, 1.82) is 0 Å². The molecule has 9 heteroatoms. The topological polar surface area (TPSA) is 116 Å². The van der Waals surface area contributed by atoms with Crippen LogP contribution < -0.4 is 5.73 Å². The molecule has 2 N–H and O–H groups in total. The monoisotopic (exact) mass is 316 g/mol. The highest BCUT2D eigenvalue weighted by Gasteiger charge is 2.29. The van der Waals surface area contributed by atoms with Crippen LogP contribution in [0.2, 0.25) is 0 Å². The standard InChI is InChI=1S/C12H16N2O6S/c1-19-11(15)7-14(8-12(16)20-2)21(17,18)10-5-3-9(13)4-6-10/h3-6H,7-8,13H2,1-2H3. The maximum atomic E-state index is 12.4. The summed E-state index contributed by atoms with van der Waals surface area (Å²) in [5.41, 5.74) is 5.88. The Morgan fingerprint density at radius 3 is 1.86 bits per heavy atom. The highest BCUT2D eigenvalue weighted by Crippen LogP contribution is 2.17. The van der Waals surface area contributed by atoms with Crippen molar-refractivity contribution in [2.45, 2.75) is 4.90 Å². The minimum Gasteiger partial charge on any atom is -0.468 e. The van der Waals surface area contributed by atoms with Gasteiger partial charge in [0.15, 0.2) is 0 Å². The Balaban J connectivity index is 3.12. The van der Waals surface area contributed by atoms with Crippen molar-refractivity contribution < 1.29 is 27.5 Å². The molecule has 0 aliphatic rings. The molecule has 0 aliphatic carbocycles. The second-order valence-corrected chi connectivity index (χ2v) is 5.93. The summed E-state index contributed by atoms with van der Waals surface area (Å²) in [6.45, 7) is -1.20. The molecule has 0 aromatic heterocycles. The number of hydrogen-bond donors (Lipinski definition) is 1. The maximum absolute atomic E-state index is 12.4. The Bertz CT molecular complexity index is 593. The van der Waals surface area contributed by atoms with Crippen LogP contribution in [0.15, 0.2) is 29.2 Å². The number of nitrogen functional groups attached to an aromatic ring is 1. The molecule has 0 unspecified atom stereocenters. The molecule has 1 aromatic carbocycles. The van der Waals surface area contributed by atoms with E-state index in [-0.39, 0.29) is 4.90 Å². The van der Waals surface area contributed by atoms with E-state index in [1.807, 2.05) is 0 Å². The molecular formula is C12H16N2O6S. The number of ether oxygens (including phenoxy) is 2. The predicted octanol–water partition coefficient (Wildman–Crippen LogP) is -0.394. The Hall–Kier alpha value is -2.13. The fraction of sp³-hybridized carbons (Fsp3) is 0.333. The van der Waals surface area contributed by atoms with Gasteiger partial charge in [-0.15, -0.1) is 0 Å². The van der Waals surface area contributed by atoms with Crippen molar-refractivity contribution in [3.63, 3.8) is 0 Å². The number of carbonyl (C=O) groups is 2. The van der Waals surface area contributed by atoms with Crippen molar-refractivity contribution in [3.05, 3.63) is 24.3 Å². The van der Waals surface area contributed by atoms with E-state index in [9.17, 15) is 18.0 Å². The average molecular weight is 316 g/mol. The molecule has 0 spiro atoms. The summed E-state index contributed by atoms with van der Waals surface area (Å²) >= 11 is 0. The molecule has 21 heavy (non-hydrogen) atoms. The van der Waals surface area contributed by atoms with E-state index in [1.165, 1.54) is 24.3 Å². The number of hydrogen-bond acceptors (Lipinski definition) is 7. The molecule has 1 aromatic rings. The van der Waals surface area contributed by atoms with Crippen molar-refractivity contribution in [3.8, 4) is 0 Å².